The van der Waals surface area contributed by atoms with Crippen LogP contribution >= 0.6 is 11.6 Å². The molecule has 2 N–H and O–H groups in total. The summed E-state index contributed by atoms with van der Waals surface area (Å²) in [4.78, 5) is 11.7. The van der Waals surface area contributed by atoms with Gasteiger partial charge in [-0.05, 0) is 24.6 Å². The van der Waals surface area contributed by atoms with E-state index in [1.165, 1.54) is 0 Å². The first kappa shape index (κ1) is 15.1. The molecule has 0 saturated carbocycles. The average molecular weight is 300 g/mol. The Balaban J connectivity index is 1.79. The second-order valence-electron chi connectivity index (χ2n) is 5.03. The molecule has 0 radical (unpaired) electrons. The molecular weight excluding hydrogens is 282 g/mol. The van der Waals surface area contributed by atoms with Gasteiger partial charge in [0.05, 0.1) is 11.6 Å². The van der Waals surface area contributed by atoms with E-state index < -0.39 is 5.60 Å². The number of halogens is 1. The van der Waals surface area contributed by atoms with E-state index in [1.54, 1.807) is 12.1 Å². The number of carbonyl (C=O) groups excluding carboxylic acids is 1. The van der Waals surface area contributed by atoms with Crippen molar-refractivity contribution >= 4 is 17.5 Å². The first-order valence-corrected chi connectivity index (χ1v) is 6.82. The fraction of sp³-hybridized carbons (Fsp3) is 0.500. The quantitative estimate of drug-likeness (QED) is 0.860. The Labute approximate surface area is 122 Å². The lowest BCUT2D eigenvalue weighted by Crippen LogP contribution is -2.44. The van der Waals surface area contributed by atoms with Gasteiger partial charge in [-0.25, -0.2) is 0 Å². The van der Waals surface area contributed by atoms with Gasteiger partial charge >= 0.3 is 0 Å². The van der Waals surface area contributed by atoms with E-state index >= 15 is 0 Å². The van der Waals surface area contributed by atoms with Crippen molar-refractivity contribution in [3.63, 3.8) is 0 Å². The smallest absolute Gasteiger partial charge is 0.258 e. The molecule has 20 heavy (non-hydrogen) atoms. The van der Waals surface area contributed by atoms with Crippen molar-refractivity contribution in [1.29, 1.82) is 0 Å². The van der Waals surface area contributed by atoms with Crippen LogP contribution in [0.2, 0.25) is 5.02 Å². The largest absolute Gasteiger partial charge is 0.482 e. The molecule has 1 unspecified atom stereocenters. The van der Waals surface area contributed by atoms with Gasteiger partial charge < -0.3 is 19.9 Å². The molecule has 2 rings (SSSR count). The zero-order chi connectivity index (χ0) is 14.6. The Morgan fingerprint density at radius 1 is 1.60 bits per heavy atom. The summed E-state index contributed by atoms with van der Waals surface area (Å²) in [6, 6.07) is 5.36. The summed E-state index contributed by atoms with van der Waals surface area (Å²) in [6.45, 7) is 2.70. The van der Waals surface area contributed by atoms with E-state index in [1.807, 2.05) is 13.0 Å². The monoisotopic (exact) mass is 299 g/mol. The molecule has 0 aliphatic carbocycles. The summed E-state index contributed by atoms with van der Waals surface area (Å²) in [6.07, 6.45) is 0.526. The molecule has 1 aliphatic rings. The number of hydrogen-bond acceptors (Lipinski definition) is 4. The number of ether oxygens (including phenoxy) is 2. The molecule has 1 fully saturated rings. The number of carbonyl (C=O) groups is 1. The number of aryl methyl sites for hydroxylation is 1. The van der Waals surface area contributed by atoms with Crippen LogP contribution in [-0.4, -0.2) is 43.0 Å². The third-order valence-corrected chi connectivity index (χ3v) is 3.45. The first-order chi connectivity index (χ1) is 9.48. The van der Waals surface area contributed by atoms with Gasteiger partial charge in [-0.2, -0.15) is 0 Å². The summed E-state index contributed by atoms with van der Waals surface area (Å²) in [5.41, 5.74) is 0.0404. The van der Waals surface area contributed by atoms with Gasteiger partial charge in [-0.3, -0.25) is 4.79 Å². The van der Waals surface area contributed by atoms with Gasteiger partial charge in [0.2, 0.25) is 0 Å². The van der Waals surface area contributed by atoms with Crippen molar-refractivity contribution in [3.05, 3.63) is 28.8 Å². The van der Waals surface area contributed by atoms with Crippen LogP contribution in [0.1, 0.15) is 12.0 Å². The minimum atomic E-state index is -0.962. The predicted octanol–water partition coefficient (Wildman–Crippen LogP) is 1.29. The lowest BCUT2D eigenvalue weighted by molar-refractivity contribution is -0.124. The molecular formula is C14H18ClNO4. The zero-order valence-corrected chi connectivity index (χ0v) is 12.1. The summed E-state index contributed by atoms with van der Waals surface area (Å²) in [7, 11) is 0. The number of rotatable bonds is 5. The molecule has 1 saturated heterocycles. The molecule has 1 heterocycles. The van der Waals surface area contributed by atoms with E-state index in [9.17, 15) is 9.90 Å². The number of benzene rings is 1. The third-order valence-electron chi connectivity index (χ3n) is 3.14. The van der Waals surface area contributed by atoms with E-state index in [0.29, 0.717) is 23.8 Å². The van der Waals surface area contributed by atoms with E-state index in [-0.39, 0.29) is 25.7 Å². The maximum Gasteiger partial charge on any atom is 0.258 e. The van der Waals surface area contributed by atoms with Crippen LogP contribution in [0.25, 0.3) is 0 Å². The maximum atomic E-state index is 11.7. The van der Waals surface area contributed by atoms with Crippen molar-refractivity contribution in [2.45, 2.75) is 18.9 Å². The Morgan fingerprint density at radius 2 is 2.40 bits per heavy atom. The Kier molecular flexibility index (Phi) is 4.86. The summed E-state index contributed by atoms with van der Waals surface area (Å²) in [5, 5.41) is 13.1. The van der Waals surface area contributed by atoms with Crippen LogP contribution in [0.5, 0.6) is 5.75 Å². The molecule has 5 nitrogen and oxygen atoms in total. The van der Waals surface area contributed by atoms with Gasteiger partial charge in [-0.15, -0.1) is 0 Å². The van der Waals surface area contributed by atoms with Gasteiger partial charge in [0.15, 0.2) is 6.61 Å². The number of aliphatic hydroxyl groups is 1. The van der Waals surface area contributed by atoms with Crippen molar-refractivity contribution in [1.82, 2.24) is 5.32 Å². The third kappa shape index (κ3) is 4.10. The number of hydrogen-bond donors (Lipinski definition) is 2. The van der Waals surface area contributed by atoms with E-state index in [0.717, 1.165) is 5.56 Å². The standard InChI is InChI=1S/C14H18ClNO4/c1-10-2-3-11(15)12(6-10)20-7-13(17)16-8-14(18)4-5-19-9-14/h2-3,6,18H,4-5,7-9H2,1H3,(H,16,17). The molecule has 6 heteroatoms. The summed E-state index contributed by atoms with van der Waals surface area (Å²) in [5.74, 6) is 0.174. The molecule has 1 aromatic carbocycles. The van der Waals surface area contributed by atoms with E-state index in [2.05, 4.69) is 5.32 Å². The SMILES string of the molecule is Cc1ccc(Cl)c(OCC(=O)NCC2(O)CCOC2)c1. The molecule has 1 aromatic rings. The highest BCUT2D eigenvalue weighted by molar-refractivity contribution is 6.32. The van der Waals surface area contributed by atoms with Crippen molar-refractivity contribution < 1.29 is 19.4 Å². The van der Waals surface area contributed by atoms with Crippen LogP contribution in [0.4, 0.5) is 0 Å². The van der Waals surface area contributed by atoms with Crippen LogP contribution in [0.15, 0.2) is 18.2 Å². The van der Waals surface area contributed by atoms with Crippen LogP contribution < -0.4 is 10.1 Å². The highest BCUT2D eigenvalue weighted by Crippen LogP contribution is 2.25. The van der Waals surface area contributed by atoms with Crippen LogP contribution in [0, 0.1) is 6.92 Å². The van der Waals surface area contributed by atoms with Gasteiger partial charge in [0.25, 0.3) is 5.91 Å². The molecule has 0 aromatic heterocycles. The Hall–Kier alpha value is -1.30. The van der Waals surface area contributed by atoms with Crippen molar-refractivity contribution in [2.24, 2.45) is 0 Å². The summed E-state index contributed by atoms with van der Waals surface area (Å²) < 4.78 is 10.5. The highest BCUT2D eigenvalue weighted by Gasteiger charge is 2.32. The normalized spacial score (nSPS) is 21.8. The number of nitrogens with one attached hydrogen (secondary N) is 1. The minimum Gasteiger partial charge on any atom is -0.482 e. The van der Waals surface area contributed by atoms with Crippen molar-refractivity contribution in [2.75, 3.05) is 26.4 Å². The van der Waals surface area contributed by atoms with Gasteiger partial charge in [0, 0.05) is 19.6 Å². The predicted molar refractivity (Wildman–Crippen MR) is 75.1 cm³/mol. The van der Waals surface area contributed by atoms with E-state index in [4.69, 9.17) is 21.1 Å². The number of amides is 1. The average Bonchev–Trinajstić information content (AvgIpc) is 2.85. The zero-order valence-electron chi connectivity index (χ0n) is 11.3. The fourth-order valence-electron chi connectivity index (χ4n) is 1.91. The van der Waals surface area contributed by atoms with Crippen LogP contribution in [0.3, 0.4) is 0 Å². The second-order valence-corrected chi connectivity index (χ2v) is 5.43. The minimum absolute atomic E-state index is 0.139. The topological polar surface area (TPSA) is 67.8 Å². The van der Waals surface area contributed by atoms with Gasteiger partial charge in [-0.1, -0.05) is 17.7 Å². The first-order valence-electron chi connectivity index (χ1n) is 6.44. The molecule has 1 amide bonds. The molecule has 0 spiro atoms. The second kappa shape index (κ2) is 6.43. The summed E-state index contributed by atoms with van der Waals surface area (Å²) >= 11 is 5.97. The highest BCUT2D eigenvalue weighted by atomic mass is 35.5. The van der Waals surface area contributed by atoms with Crippen LogP contribution in [-0.2, 0) is 9.53 Å². The Morgan fingerprint density at radius 3 is 3.10 bits per heavy atom. The maximum absolute atomic E-state index is 11.7. The van der Waals surface area contributed by atoms with Gasteiger partial charge in [0.1, 0.15) is 11.4 Å². The lowest BCUT2D eigenvalue weighted by Gasteiger charge is -2.20. The Bertz CT molecular complexity index is 486. The molecule has 1 aliphatic heterocycles. The lowest BCUT2D eigenvalue weighted by atomic mass is 10.0. The molecule has 0 bridgehead atoms. The molecule has 1 atom stereocenters. The molecule has 110 valence electrons. The van der Waals surface area contributed by atoms with Crippen molar-refractivity contribution in [3.8, 4) is 5.75 Å². The fourth-order valence-corrected chi connectivity index (χ4v) is 2.09.